The van der Waals surface area contributed by atoms with Crippen molar-refractivity contribution in [1.29, 1.82) is 0 Å². The maximum absolute atomic E-state index is 12.9. The molecule has 1 aliphatic carbocycles. The van der Waals surface area contributed by atoms with Gasteiger partial charge in [0.05, 0.1) is 23.6 Å². The molecule has 2 aromatic carbocycles. The van der Waals surface area contributed by atoms with Crippen LogP contribution in [0.4, 0.5) is 5.00 Å². The second kappa shape index (κ2) is 11.5. The predicted octanol–water partition coefficient (Wildman–Crippen LogP) is 5.66. The molecule has 196 valence electrons. The monoisotopic (exact) mass is 547 g/mol. The lowest BCUT2D eigenvalue weighted by Gasteiger charge is -2.22. The summed E-state index contributed by atoms with van der Waals surface area (Å²) in [4.78, 5) is 44.3. The molecular formula is C29H29N3O4S2. The first-order valence-electron chi connectivity index (χ1n) is 12.7. The van der Waals surface area contributed by atoms with Crippen molar-refractivity contribution in [3.63, 3.8) is 0 Å². The minimum absolute atomic E-state index is 0.0780. The fraction of sp³-hybridized carbons (Fsp3) is 0.310. The van der Waals surface area contributed by atoms with Gasteiger partial charge in [-0.2, -0.15) is 0 Å². The molecule has 38 heavy (non-hydrogen) atoms. The highest BCUT2D eigenvalue weighted by Gasteiger charge is 2.30. The van der Waals surface area contributed by atoms with E-state index in [1.165, 1.54) is 35.8 Å². The molecule has 9 heteroatoms. The van der Waals surface area contributed by atoms with Crippen molar-refractivity contribution >= 4 is 50.9 Å². The number of hydrogen-bond acceptors (Lipinski definition) is 7. The molecular weight excluding hydrogens is 518 g/mol. The average Bonchev–Trinajstić information content (AvgIpc) is 3.30. The summed E-state index contributed by atoms with van der Waals surface area (Å²) in [6.45, 7) is 2.41. The predicted molar refractivity (Wildman–Crippen MR) is 153 cm³/mol. The number of ether oxygens (including phenoxy) is 1. The van der Waals surface area contributed by atoms with Crippen molar-refractivity contribution in [2.45, 2.75) is 50.2 Å². The third-order valence-corrected chi connectivity index (χ3v) is 9.03. The molecule has 0 fully saturated rings. The summed E-state index contributed by atoms with van der Waals surface area (Å²) in [6.07, 6.45) is 2.76. The van der Waals surface area contributed by atoms with Gasteiger partial charge in [0.1, 0.15) is 5.00 Å². The van der Waals surface area contributed by atoms with Crippen LogP contribution in [0, 0.1) is 0 Å². The minimum Gasteiger partial charge on any atom is -0.465 e. The molecule has 0 radical (unpaired) electrons. The molecule has 2 heterocycles. The van der Waals surface area contributed by atoms with Crippen LogP contribution in [0.15, 0.2) is 64.5 Å². The van der Waals surface area contributed by atoms with Crippen LogP contribution in [-0.2, 0) is 28.9 Å². The highest BCUT2D eigenvalue weighted by Crippen LogP contribution is 2.42. The van der Waals surface area contributed by atoms with Crippen LogP contribution >= 0.6 is 23.1 Å². The van der Waals surface area contributed by atoms with Crippen LogP contribution in [0.5, 0.6) is 0 Å². The lowest BCUT2D eigenvalue weighted by Crippen LogP contribution is -2.22. The molecule has 0 saturated heterocycles. The van der Waals surface area contributed by atoms with Crippen molar-refractivity contribution in [2.75, 3.05) is 18.2 Å². The molecule has 1 amide bonds. The topological polar surface area (TPSA) is 90.3 Å². The Morgan fingerprint density at radius 3 is 2.68 bits per heavy atom. The van der Waals surface area contributed by atoms with E-state index in [-0.39, 0.29) is 17.9 Å². The van der Waals surface area contributed by atoms with Gasteiger partial charge < -0.3 is 10.1 Å². The Morgan fingerprint density at radius 2 is 1.92 bits per heavy atom. The number of hydrogen-bond donors (Lipinski definition) is 1. The van der Waals surface area contributed by atoms with E-state index in [4.69, 9.17) is 4.74 Å². The summed E-state index contributed by atoms with van der Waals surface area (Å²) in [5.41, 5.74) is 3.34. The van der Waals surface area contributed by atoms with E-state index >= 15 is 0 Å². The van der Waals surface area contributed by atoms with Crippen molar-refractivity contribution in [3.05, 3.63) is 86.5 Å². The molecule has 0 bridgehead atoms. The normalized spacial score (nSPS) is 14.7. The number of nitrogens with zero attached hydrogens (tertiary/aromatic N) is 2. The number of para-hydroxylation sites is 1. The molecule has 0 aliphatic heterocycles. The number of aromatic nitrogens is 2. The van der Waals surface area contributed by atoms with Gasteiger partial charge in [-0.3, -0.25) is 14.2 Å². The number of fused-ring (bicyclic) bond motifs is 2. The Morgan fingerprint density at radius 1 is 1.16 bits per heavy atom. The fourth-order valence-electron chi connectivity index (χ4n) is 4.96. The molecule has 1 N–H and O–H groups in total. The Balaban J connectivity index is 1.29. The van der Waals surface area contributed by atoms with Gasteiger partial charge >= 0.3 is 5.97 Å². The molecule has 0 spiro atoms. The van der Waals surface area contributed by atoms with Gasteiger partial charge in [0.15, 0.2) is 5.16 Å². The van der Waals surface area contributed by atoms with Crippen LogP contribution < -0.4 is 10.9 Å². The van der Waals surface area contributed by atoms with Crippen LogP contribution in [-0.4, -0.2) is 34.3 Å². The van der Waals surface area contributed by atoms with E-state index in [0.717, 1.165) is 29.7 Å². The van der Waals surface area contributed by atoms with Gasteiger partial charge in [-0.05, 0) is 55.4 Å². The number of rotatable bonds is 8. The number of carbonyl (C=O) groups is 2. The van der Waals surface area contributed by atoms with Gasteiger partial charge in [-0.25, -0.2) is 9.78 Å². The molecule has 2 aromatic heterocycles. The minimum atomic E-state index is -0.419. The Kier molecular flexibility index (Phi) is 7.95. The van der Waals surface area contributed by atoms with Gasteiger partial charge in [0, 0.05) is 23.6 Å². The summed E-state index contributed by atoms with van der Waals surface area (Å²) in [5, 5.41) is 4.71. The maximum atomic E-state index is 12.9. The zero-order valence-corrected chi connectivity index (χ0v) is 23.0. The highest BCUT2D eigenvalue weighted by atomic mass is 32.2. The first-order chi connectivity index (χ1) is 18.5. The fourth-order valence-corrected chi connectivity index (χ4v) is 7.30. The third kappa shape index (κ3) is 5.26. The van der Waals surface area contributed by atoms with E-state index in [1.807, 2.05) is 31.2 Å². The summed E-state index contributed by atoms with van der Waals surface area (Å²) in [7, 11) is 1.37. The number of benzene rings is 2. The molecule has 7 nitrogen and oxygen atoms in total. The largest absolute Gasteiger partial charge is 0.465 e. The SMILES string of the molecule is CCn1c(SCCC(=O)Nc2sc3c(c2C(=O)OC)CCC(c2ccccc2)C3)nc2ccccc2c1=O. The Bertz CT molecular complexity index is 1540. The average molecular weight is 548 g/mol. The number of nitrogens with one attached hydrogen (secondary N) is 1. The highest BCUT2D eigenvalue weighted by molar-refractivity contribution is 7.99. The standard InChI is InChI=1S/C29H29N3O4S2/c1-3-32-27(34)20-11-7-8-12-22(20)30-29(32)37-16-15-24(33)31-26-25(28(35)36-2)21-14-13-19(17-23(21)38-26)18-9-5-4-6-10-18/h4-12,19H,3,13-17H2,1-2H3,(H,31,33). The van der Waals surface area contributed by atoms with Crippen LogP contribution in [0.2, 0.25) is 0 Å². The van der Waals surface area contributed by atoms with E-state index in [0.29, 0.717) is 44.8 Å². The zero-order valence-electron chi connectivity index (χ0n) is 21.4. The summed E-state index contributed by atoms with van der Waals surface area (Å²) in [6, 6.07) is 17.7. The van der Waals surface area contributed by atoms with Gasteiger partial charge in [-0.1, -0.05) is 54.2 Å². The van der Waals surface area contributed by atoms with E-state index < -0.39 is 5.97 Å². The molecule has 1 aliphatic rings. The lowest BCUT2D eigenvalue weighted by molar-refractivity contribution is -0.115. The summed E-state index contributed by atoms with van der Waals surface area (Å²) in [5.74, 6) is 0.230. The van der Waals surface area contributed by atoms with Crippen molar-refractivity contribution < 1.29 is 14.3 Å². The zero-order chi connectivity index (χ0) is 26.6. The van der Waals surface area contributed by atoms with Gasteiger partial charge in [0.2, 0.25) is 5.91 Å². The molecule has 0 saturated carbocycles. The van der Waals surface area contributed by atoms with Crippen LogP contribution in [0.3, 0.4) is 0 Å². The second-order valence-electron chi connectivity index (χ2n) is 9.16. The number of thiophene rings is 1. The maximum Gasteiger partial charge on any atom is 0.341 e. The van der Waals surface area contributed by atoms with E-state index in [2.05, 4.69) is 34.6 Å². The Hall–Kier alpha value is -3.43. The molecule has 5 rings (SSSR count). The first kappa shape index (κ1) is 26.2. The first-order valence-corrected chi connectivity index (χ1v) is 14.5. The quantitative estimate of drug-likeness (QED) is 0.174. The number of methoxy groups -OCH3 is 1. The summed E-state index contributed by atoms with van der Waals surface area (Å²) < 4.78 is 6.71. The van der Waals surface area contributed by atoms with E-state index in [1.54, 1.807) is 10.6 Å². The molecule has 1 atom stereocenters. The van der Waals surface area contributed by atoms with E-state index in [9.17, 15) is 14.4 Å². The number of anilines is 1. The smallest absolute Gasteiger partial charge is 0.341 e. The molecule has 1 unspecified atom stereocenters. The third-order valence-electron chi connectivity index (χ3n) is 6.88. The Labute approximate surface area is 229 Å². The van der Waals surface area contributed by atoms with Crippen molar-refractivity contribution in [1.82, 2.24) is 9.55 Å². The number of amides is 1. The van der Waals surface area contributed by atoms with Crippen LogP contribution in [0.25, 0.3) is 10.9 Å². The number of esters is 1. The van der Waals surface area contributed by atoms with Crippen LogP contribution in [0.1, 0.15) is 52.0 Å². The van der Waals surface area contributed by atoms with Crippen molar-refractivity contribution in [2.24, 2.45) is 0 Å². The van der Waals surface area contributed by atoms with Gasteiger partial charge in [0.25, 0.3) is 5.56 Å². The van der Waals surface area contributed by atoms with Gasteiger partial charge in [-0.15, -0.1) is 11.3 Å². The summed E-state index contributed by atoms with van der Waals surface area (Å²) >= 11 is 2.86. The number of thioether (sulfide) groups is 1. The number of carbonyl (C=O) groups excluding carboxylic acids is 2. The lowest BCUT2D eigenvalue weighted by atomic mass is 9.83. The van der Waals surface area contributed by atoms with Crippen molar-refractivity contribution in [3.8, 4) is 0 Å². The second-order valence-corrected chi connectivity index (χ2v) is 11.3. The molecule has 4 aromatic rings.